The number of aromatic nitrogens is 1. The molecule has 0 unspecified atom stereocenters. The third-order valence-corrected chi connectivity index (χ3v) is 4.80. The van der Waals surface area contributed by atoms with Crippen LogP contribution in [0.1, 0.15) is 5.01 Å². The number of aliphatic hydroxyl groups is 2. The summed E-state index contributed by atoms with van der Waals surface area (Å²) >= 11 is 4.80. The minimum Gasteiger partial charge on any atom is -0.510 e. The van der Waals surface area contributed by atoms with Gasteiger partial charge in [-0.05, 0) is 12.1 Å². The fourth-order valence-electron chi connectivity index (χ4n) is 2.31. The number of aliphatic hydroxyl groups excluding tert-OH is 2. The lowest BCUT2D eigenvalue weighted by Crippen LogP contribution is -2.29. The van der Waals surface area contributed by atoms with Gasteiger partial charge >= 0.3 is 0 Å². The first-order valence-electron chi connectivity index (χ1n) is 6.69. The molecule has 0 saturated carbocycles. The topological polar surface area (TPSA) is 80.4 Å². The number of thiazole rings is 1. The molecule has 2 aromatic rings. The highest BCUT2D eigenvalue weighted by atomic mass is 79.9. The van der Waals surface area contributed by atoms with Crippen molar-refractivity contribution in [2.75, 3.05) is 19.7 Å². The van der Waals surface area contributed by atoms with Crippen molar-refractivity contribution < 1.29 is 10.2 Å². The number of nitrogens with one attached hydrogen (secondary N) is 1. The molecule has 0 radical (unpaired) electrons. The Kier molecular flexibility index (Phi) is 4.28. The van der Waals surface area contributed by atoms with E-state index < -0.39 is 0 Å². The van der Waals surface area contributed by atoms with Crippen molar-refractivity contribution >= 4 is 38.7 Å². The third kappa shape index (κ3) is 2.79. The van der Waals surface area contributed by atoms with Crippen molar-refractivity contribution in [2.45, 2.75) is 0 Å². The van der Waals surface area contributed by atoms with Crippen molar-refractivity contribution in [1.29, 1.82) is 5.41 Å². The van der Waals surface area contributed by atoms with Crippen molar-refractivity contribution in [1.82, 2.24) is 9.88 Å². The van der Waals surface area contributed by atoms with E-state index in [9.17, 15) is 5.11 Å². The molecule has 114 valence electrons. The minimum absolute atomic E-state index is 0.0506. The van der Waals surface area contributed by atoms with E-state index in [1.165, 1.54) is 11.3 Å². The maximum Gasteiger partial charge on any atom is 0.135 e. The summed E-state index contributed by atoms with van der Waals surface area (Å²) in [5.41, 5.74) is 2.27. The first-order valence-corrected chi connectivity index (χ1v) is 8.36. The Hall–Kier alpha value is -1.70. The van der Waals surface area contributed by atoms with E-state index in [4.69, 9.17) is 10.5 Å². The Bertz CT molecular complexity index is 740. The molecule has 1 aromatic carbocycles. The zero-order valence-electron chi connectivity index (χ0n) is 11.6. The van der Waals surface area contributed by atoms with Crippen LogP contribution in [-0.4, -0.2) is 45.6 Å². The molecule has 1 aliphatic rings. The molecule has 0 aliphatic carbocycles. The fourth-order valence-corrected chi connectivity index (χ4v) is 3.47. The summed E-state index contributed by atoms with van der Waals surface area (Å²) in [6.45, 7) is 0.532. The average molecular weight is 380 g/mol. The molecule has 3 rings (SSSR count). The standard InChI is InChI=1S/C15H14BrN3O2S/c16-10-3-1-9(2-4-10)11-8-22-15(18-11)13-12(21)7-19(5-6-20)14(13)17/h1-4,8,17,20-21H,5-7H2. The van der Waals surface area contributed by atoms with Crippen LogP contribution in [-0.2, 0) is 0 Å². The largest absolute Gasteiger partial charge is 0.510 e. The van der Waals surface area contributed by atoms with Crippen LogP contribution in [0, 0.1) is 5.41 Å². The fraction of sp³-hybridized carbons (Fsp3) is 0.200. The predicted molar refractivity (Wildman–Crippen MR) is 91.2 cm³/mol. The van der Waals surface area contributed by atoms with Gasteiger partial charge in [-0.25, -0.2) is 4.98 Å². The third-order valence-electron chi connectivity index (χ3n) is 3.41. The van der Waals surface area contributed by atoms with Crippen LogP contribution in [0.5, 0.6) is 0 Å². The van der Waals surface area contributed by atoms with Crippen LogP contribution in [0.2, 0.25) is 0 Å². The zero-order valence-corrected chi connectivity index (χ0v) is 14.0. The summed E-state index contributed by atoms with van der Waals surface area (Å²) in [6, 6.07) is 7.84. The highest BCUT2D eigenvalue weighted by Gasteiger charge is 2.29. The molecule has 0 spiro atoms. The maximum atomic E-state index is 10.1. The second kappa shape index (κ2) is 6.20. The maximum absolute atomic E-state index is 10.1. The van der Waals surface area contributed by atoms with Gasteiger partial charge in [0.15, 0.2) is 0 Å². The lowest BCUT2D eigenvalue weighted by molar-refractivity contribution is 0.248. The zero-order chi connectivity index (χ0) is 15.7. The number of hydrogen-bond donors (Lipinski definition) is 3. The van der Waals surface area contributed by atoms with Gasteiger partial charge in [0.2, 0.25) is 0 Å². The molecule has 0 bridgehead atoms. The van der Waals surface area contributed by atoms with Crippen LogP contribution in [0.3, 0.4) is 0 Å². The van der Waals surface area contributed by atoms with Crippen LogP contribution in [0.25, 0.3) is 16.8 Å². The van der Waals surface area contributed by atoms with Gasteiger partial charge < -0.3 is 15.1 Å². The number of benzene rings is 1. The van der Waals surface area contributed by atoms with Crippen LogP contribution >= 0.6 is 27.3 Å². The van der Waals surface area contributed by atoms with E-state index in [1.807, 2.05) is 29.6 Å². The smallest absolute Gasteiger partial charge is 0.135 e. The molecule has 0 atom stereocenters. The number of nitrogens with zero attached hydrogens (tertiary/aromatic N) is 2. The van der Waals surface area contributed by atoms with Crippen molar-refractivity contribution in [3.63, 3.8) is 0 Å². The molecule has 22 heavy (non-hydrogen) atoms. The van der Waals surface area contributed by atoms with Gasteiger partial charge in [0.25, 0.3) is 0 Å². The highest BCUT2D eigenvalue weighted by molar-refractivity contribution is 9.10. The van der Waals surface area contributed by atoms with E-state index >= 15 is 0 Å². The molecular formula is C15H14BrN3O2S. The summed E-state index contributed by atoms with van der Waals surface area (Å²) in [6.07, 6.45) is 0. The lowest BCUT2D eigenvalue weighted by Gasteiger charge is -2.16. The second-order valence-electron chi connectivity index (χ2n) is 4.86. The first kappa shape index (κ1) is 15.2. The van der Waals surface area contributed by atoms with Gasteiger partial charge in [-0.1, -0.05) is 28.1 Å². The Balaban J connectivity index is 1.89. The Morgan fingerprint density at radius 2 is 2.05 bits per heavy atom. The average Bonchev–Trinajstić information content (AvgIpc) is 3.06. The van der Waals surface area contributed by atoms with Crippen molar-refractivity contribution in [3.8, 4) is 11.3 Å². The molecule has 3 N–H and O–H groups in total. The van der Waals surface area contributed by atoms with E-state index in [0.717, 1.165) is 15.7 Å². The number of amidine groups is 1. The van der Waals surface area contributed by atoms with E-state index in [0.29, 0.717) is 17.1 Å². The number of halogens is 1. The summed E-state index contributed by atoms with van der Waals surface area (Å²) < 4.78 is 1.00. The Morgan fingerprint density at radius 1 is 1.32 bits per heavy atom. The summed E-state index contributed by atoms with van der Waals surface area (Å²) in [5.74, 6) is 0.346. The molecule has 0 amide bonds. The first-order chi connectivity index (χ1) is 10.6. The molecule has 0 fully saturated rings. The highest BCUT2D eigenvalue weighted by Crippen LogP contribution is 2.32. The molecule has 1 aromatic heterocycles. The van der Waals surface area contributed by atoms with Gasteiger partial charge in [-0.2, -0.15) is 0 Å². The van der Waals surface area contributed by atoms with E-state index in [-0.39, 0.29) is 24.7 Å². The van der Waals surface area contributed by atoms with Gasteiger partial charge in [0.1, 0.15) is 16.6 Å². The monoisotopic (exact) mass is 379 g/mol. The van der Waals surface area contributed by atoms with Crippen LogP contribution in [0.4, 0.5) is 0 Å². The predicted octanol–water partition coefficient (Wildman–Crippen LogP) is 3.13. The van der Waals surface area contributed by atoms with Gasteiger partial charge in [-0.3, -0.25) is 5.41 Å². The summed E-state index contributed by atoms with van der Waals surface area (Å²) in [7, 11) is 0. The minimum atomic E-state index is -0.0506. The molecular weight excluding hydrogens is 366 g/mol. The van der Waals surface area contributed by atoms with Crippen molar-refractivity contribution in [3.05, 3.63) is 44.9 Å². The van der Waals surface area contributed by atoms with Gasteiger partial charge in [-0.15, -0.1) is 11.3 Å². The number of hydrogen-bond acceptors (Lipinski definition) is 5. The summed E-state index contributed by atoms with van der Waals surface area (Å²) in [5, 5.41) is 29.8. The van der Waals surface area contributed by atoms with Gasteiger partial charge in [0.05, 0.1) is 24.4 Å². The second-order valence-corrected chi connectivity index (χ2v) is 6.63. The normalized spacial score (nSPS) is 15.0. The molecule has 1 aliphatic heterocycles. The Labute approximate surface area is 140 Å². The van der Waals surface area contributed by atoms with E-state index in [1.54, 1.807) is 4.90 Å². The van der Waals surface area contributed by atoms with Crippen molar-refractivity contribution in [2.24, 2.45) is 0 Å². The van der Waals surface area contributed by atoms with E-state index in [2.05, 4.69) is 20.9 Å². The lowest BCUT2D eigenvalue weighted by atomic mass is 10.2. The van der Waals surface area contributed by atoms with Gasteiger partial charge in [0, 0.05) is 22.0 Å². The number of rotatable bonds is 4. The molecule has 2 heterocycles. The Morgan fingerprint density at radius 3 is 2.73 bits per heavy atom. The van der Waals surface area contributed by atoms with Crippen LogP contribution < -0.4 is 0 Å². The quantitative estimate of drug-likeness (QED) is 0.762. The molecule has 7 heteroatoms. The van der Waals surface area contributed by atoms with Crippen LogP contribution in [0.15, 0.2) is 39.9 Å². The molecule has 5 nitrogen and oxygen atoms in total. The summed E-state index contributed by atoms with van der Waals surface area (Å²) in [4.78, 5) is 6.17. The number of β-amino-alcohol motifs (C(OH)–C–C–N with tert-alkyl or cyclic N) is 1. The SMILES string of the molecule is N=C1C(c2nc(-c3ccc(Br)cc3)cs2)=C(O)CN1CCO. The molecule has 0 saturated heterocycles.